The molecule has 0 amide bonds. The molecule has 0 radical (unpaired) electrons. The number of carbonyl (C=O) groups excluding carboxylic acids is 1. The van der Waals surface area contributed by atoms with Gasteiger partial charge in [-0.3, -0.25) is 0 Å². The zero-order chi connectivity index (χ0) is 23.5. The zero-order valence-corrected chi connectivity index (χ0v) is 19.2. The number of nitriles is 1. The summed E-state index contributed by atoms with van der Waals surface area (Å²) in [6.07, 6.45) is 2.25. The van der Waals surface area contributed by atoms with Crippen LogP contribution >= 0.6 is 12.6 Å². The first-order chi connectivity index (χ1) is 15.9. The van der Waals surface area contributed by atoms with Crippen molar-refractivity contribution in [1.29, 1.82) is 5.26 Å². The number of rotatable bonds is 7. The van der Waals surface area contributed by atoms with E-state index in [2.05, 4.69) is 35.7 Å². The Kier molecular flexibility index (Phi) is 6.43. The quantitative estimate of drug-likeness (QED) is 0.428. The highest BCUT2D eigenvalue weighted by molar-refractivity contribution is 7.81. The van der Waals surface area contributed by atoms with Gasteiger partial charge in [-0.15, -0.1) is 5.10 Å². The van der Waals surface area contributed by atoms with Gasteiger partial charge in [-0.05, 0) is 36.1 Å². The molecular weight excluding hydrogens is 434 g/mol. The first-order valence-corrected chi connectivity index (χ1v) is 11.2. The van der Waals surface area contributed by atoms with Crippen molar-refractivity contribution in [2.75, 3.05) is 0 Å². The minimum Gasteiger partial charge on any atom is -0.548 e. The molecule has 0 aliphatic carbocycles. The van der Waals surface area contributed by atoms with Crippen molar-refractivity contribution in [3.05, 3.63) is 82.6 Å². The van der Waals surface area contributed by atoms with Crippen LogP contribution in [0, 0.1) is 18.3 Å². The average molecular weight is 457 g/mol. The molecule has 2 heterocycles. The average Bonchev–Trinajstić information content (AvgIpc) is 3.27. The highest BCUT2D eigenvalue weighted by Crippen LogP contribution is 2.26. The van der Waals surface area contributed by atoms with Gasteiger partial charge < -0.3 is 9.90 Å². The smallest absolute Gasteiger partial charge is 0.170 e. The molecule has 2 aromatic carbocycles. The van der Waals surface area contributed by atoms with E-state index < -0.39 is 11.2 Å². The summed E-state index contributed by atoms with van der Waals surface area (Å²) >= 11 is 4.08. The van der Waals surface area contributed by atoms with Crippen LogP contribution in [-0.2, 0) is 17.6 Å². The van der Waals surface area contributed by atoms with E-state index in [9.17, 15) is 15.2 Å². The van der Waals surface area contributed by atoms with Crippen LogP contribution in [0.5, 0.6) is 0 Å². The van der Waals surface area contributed by atoms with E-state index in [0.29, 0.717) is 23.5 Å². The van der Waals surface area contributed by atoms with E-state index in [1.807, 2.05) is 49.4 Å². The van der Waals surface area contributed by atoms with E-state index in [4.69, 9.17) is 4.98 Å². The minimum atomic E-state index is -1.34. The number of hydrogen-bond donors (Lipinski definition) is 1. The summed E-state index contributed by atoms with van der Waals surface area (Å²) < 4.78 is 1.58. The van der Waals surface area contributed by atoms with E-state index in [-0.39, 0.29) is 5.82 Å². The van der Waals surface area contributed by atoms with Crippen molar-refractivity contribution < 1.29 is 9.90 Å². The van der Waals surface area contributed by atoms with Crippen molar-refractivity contribution in [1.82, 2.24) is 19.6 Å². The molecule has 0 fully saturated rings. The maximum absolute atomic E-state index is 11.3. The lowest BCUT2D eigenvalue weighted by Crippen LogP contribution is -2.27. The van der Waals surface area contributed by atoms with Crippen LogP contribution in [0.3, 0.4) is 0 Å². The molecule has 4 aromatic rings. The number of carboxylic acid groups (broad SMARTS) is 1. The maximum atomic E-state index is 11.3. The third-order valence-electron chi connectivity index (χ3n) is 5.49. The predicted octanol–water partition coefficient (Wildman–Crippen LogP) is 3.24. The molecule has 4 rings (SSSR count). The molecule has 0 aliphatic rings. The summed E-state index contributed by atoms with van der Waals surface area (Å²) in [4.78, 5) is 20.5. The first-order valence-electron chi connectivity index (χ1n) is 10.6. The van der Waals surface area contributed by atoms with E-state index in [1.165, 1.54) is 0 Å². The molecule has 166 valence electrons. The topological polar surface area (TPSA) is 107 Å². The first kappa shape index (κ1) is 22.5. The summed E-state index contributed by atoms with van der Waals surface area (Å²) in [6.45, 7) is 3.91. The van der Waals surface area contributed by atoms with Crippen molar-refractivity contribution in [3.8, 4) is 17.2 Å². The third kappa shape index (κ3) is 4.45. The number of nitrogens with zero attached hydrogens (tertiary/aromatic N) is 5. The standard InChI is InChI=1S/C25H23N5O2S/c1-3-6-21-20(24-28-23(22(33)25(31)32)29-30(24)15(2)27-21)13-16-9-11-17(12-10-16)19-8-5-4-7-18(19)14-26/h4-5,7-12,22,33H,3,6,13H2,1-2H3,(H,31,32)/p-1. The Bertz CT molecular complexity index is 1370. The molecule has 0 spiro atoms. The van der Waals surface area contributed by atoms with Gasteiger partial charge in [0.05, 0.1) is 17.6 Å². The number of aryl methyl sites for hydroxylation is 2. The van der Waals surface area contributed by atoms with Crippen LogP contribution in [0.15, 0.2) is 48.5 Å². The Morgan fingerprint density at radius 1 is 1.18 bits per heavy atom. The highest BCUT2D eigenvalue weighted by Gasteiger charge is 2.20. The molecule has 0 N–H and O–H groups in total. The van der Waals surface area contributed by atoms with Crippen molar-refractivity contribution in [3.63, 3.8) is 0 Å². The van der Waals surface area contributed by atoms with Crippen LogP contribution in [-0.4, -0.2) is 25.6 Å². The summed E-state index contributed by atoms with van der Waals surface area (Å²) in [5.41, 5.74) is 5.94. The second-order valence-electron chi connectivity index (χ2n) is 7.79. The van der Waals surface area contributed by atoms with Gasteiger partial charge in [-0.1, -0.05) is 55.8 Å². The van der Waals surface area contributed by atoms with Gasteiger partial charge in [0.1, 0.15) is 11.1 Å². The number of hydrogen-bond acceptors (Lipinski definition) is 7. The molecule has 1 unspecified atom stereocenters. The molecule has 0 bridgehead atoms. The molecule has 33 heavy (non-hydrogen) atoms. The predicted molar refractivity (Wildman–Crippen MR) is 126 cm³/mol. The maximum Gasteiger partial charge on any atom is 0.170 e. The fourth-order valence-corrected chi connectivity index (χ4v) is 3.98. The van der Waals surface area contributed by atoms with Gasteiger partial charge in [0.25, 0.3) is 0 Å². The van der Waals surface area contributed by atoms with Crippen LogP contribution in [0.25, 0.3) is 16.8 Å². The lowest BCUT2D eigenvalue weighted by molar-refractivity contribution is -0.305. The summed E-state index contributed by atoms with van der Waals surface area (Å²) in [5, 5.41) is 23.8. The van der Waals surface area contributed by atoms with Crippen molar-refractivity contribution >= 4 is 24.2 Å². The summed E-state index contributed by atoms with van der Waals surface area (Å²) in [6, 6.07) is 17.8. The van der Waals surface area contributed by atoms with Crippen LogP contribution in [0.1, 0.15) is 52.6 Å². The van der Waals surface area contributed by atoms with Gasteiger partial charge in [-0.2, -0.15) is 22.4 Å². The zero-order valence-electron chi connectivity index (χ0n) is 18.3. The lowest BCUT2D eigenvalue weighted by Gasteiger charge is -2.12. The molecule has 0 saturated heterocycles. The molecule has 1 atom stereocenters. The van der Waals surface area contributed by atoms with Crippen LogP contribution in [0.2, 0.25) is 0 Å². The van der Waals surface area contributed by atoms with Gasteiger partial charge in [0.15, 0.2) is 11.5 Å². The van der Waals surface area contributed by atoms with Gasteiger partial charge >= 0.3 is 0 Å². The summed E-state index contributed by atoms with van der Waals surface area (Å²) in [7, 11) is 0. The number of benzene rings is 2. The Hall–Kier alpha value is -3.70. The number of carbonyl (C=O) groups is 1. The molecule has 8 heteroatoms. The monoisotopic (exact) mass is 456 g/mol. The Balaban J connectivity index is 1.76. The van der Waals surface area contributed by atoms with Crippen LogP contribution < -0.4 is 5.11 Å². The second kappa shape index (κ2) is 9.43. The van der Waals surface area contributed by atoms with Crippen LogP contribution in [0.4, 0.5) is 0 Å². The van der Waals surface area contributed by atoms with E-state index >= 15 is 0 Å². The van der Waals surface area contributed by atoms with Gasteiger partial charge in [0, 0.05) is 17.7 Å². The number of thiol groups is 1. The Morgan fingerprint density at radius 2 is 1.91 bits per heavy atom. The number of aliphatic carboxylic acids is 1. The van der Waals surface area contributed by atoms with Crippen molar-refractivity contribution in [2.45, 2.75) is 38.4 Å². The largest absolute Gasteiger partial charge is 0.548 e. The SMILES string of the molecule is CCCc1nc(C)n2nc(C(S)C(=O)[O-])nc2c1Cc1ccc(-c2ccccc2C#N)cc1. The molecular formula is C25H22N5O2S-. The minimum absolute atomic E-state index is 0.0848. The number of aromatic nitrogens is 4. The number of carboxylic acids is 1. The van der Waals surface area contributed by atoms with E-state index in [0.717, 1.165) is 40.8 Å². The fraction of sp³-hybridized carbons (Fsp3) is 0.240. The van der Waals surface area contributed by atoms with Crippen molar-refractivity contribution in [2.24, 2.45) is 0 Å². The normalized spacial score (nSPS) is 11.9. The van der Waals surface area contributed by atoms with Gasteiger partial charge in [0.2, 0.25) is 0 Å². The Labute approximate surface area is 197 Å². The molecule has 2 aromatic heterocycles. The second-order valence-corrected chi connectivity index (χ2v) is 8.31. The summed E-state index contributed by atoms with van der Waals surface area (Å²) in [5.74, 6) is -0.622. The fourth-order valence-electron chi connectivity index (χ4n) is 3.87. The van der Waals surface area contributed by atoms with Gasteiger partial charge in [-0.25, -0.2) is 9.97 Å². The molecule has 0 aliphatic heterocycles. The molecule has 7 nitrogen and oxygen atoms in total. The Morgan fingerprint density at radius 3 is 2.58 bits per heavy atom. The third-order valence-corrected chi connectivity index (χ3v) is 5.93. The number of fused-ring (bicyclic) bond motifs is 1. The lowest BCUT2D eigenvalue weighted by atomic mass is 9.97. The molecule has 0 saturated carbocycles. The van der Waals surface area contributed by atoms with E-state index in [1.54, 1.807) is 10.6 Å². The highest BCUT2D eigenvalue weighted by atomic mass is 32.1.